The summed E-state index contributed by atoms with van der Waals surface area (Å²) < 4.78 is 0. The Labute approximate surface area is 79.1 Å². The molecule has 0 bridgehead atoms. The molecule has 2 rings (SSSR count). The standard InChI is InChI=1S/C11H16N2/c1-7-3-4-10(12)11-8(2)13-6-5-9(7)11/h3-4,8,13H,5-6,12H2,1-2H3. The van der Waals surface area contributed by atoms with Crippen molar-refractivity contribution < 1.29 is 0 Å². The van der Waals surface area contributed by atoms with Gasteiger partial charge in [-0.15, -0.1) is 0 Å². The average molecular weight is 176 g/mol. The van der Waals surface area contributed by atoms with Gasteiger partial charge >= 0.3 is 0 Å². The zero-order chi connectivity index (χ0) is 9.42. The molecule has 3 N–H and O–H groups in total. The van der Waals surface area contributed by atoms with Gasteiger partial charge in [0.15, 0.2) is 0 Å². The van der Waals surface area contributed by atoms with E-state index in [4.69, 9.17) is 5.73 Å². The quantitative estimate of drug-likeness (QED) is 0.591. The minimum atomic E-state index is 0.406. The lowest BCUT2D eigenvalue weighted by atomic mass is 9.90. The van der Waals surface area contributed by atoms with Crippen LogP contribution < -0.4 is 11.1 Å². The lowest BCUT2D eigenvalue weighted by Crippen LogP contribution is -2.29. The fraction of sp³-hybridized carbons (Fsp3) is 0.455. The molecule has 13 heavy (non-hydrogen) atoms. The third kappa shape index (κ3) is 1.31. The van der Waals surface area contributed by atoms with Gasteiger partial charge in [-0.2, -0.15) is 0 Å². The van der Waals surface area contributed by atoms with Gasteiger partial charge < -0.3 is 11.1 Å². The van der Waals surface area contributed by atoms with Gasteiger partial charge in [0.2, 0.25) is 0 Å². The fourth-order valence-electron chi connectivity index (χ4n) is 2.15. The highest BCUT2D eigenvalue weighted by molar-refractivity contribution is 5.56. The molecule has 1 aliphatic heterocycles. The van der Waals surface area contributed by atoms with Crippen LogP contribution in [0, 0.1) is 6.92 Å². The van der Waals surface area contributed by atoms with E-state index in [0.717, 1.165) is 18.7 Å². The lowest BCUT2D eigenvalue weighted by molar-refractivity contribution is 0.541. The summed E-state index contributed by atoms with van der Waals surface area (Å²) in [7, 11) is 0. The summed E-state index contributed by atoms with van der Waals surface area (Å²) in [5, 5.41) is 3.43. The predicted molar refractivity (Wildman–Crippen MR) is 55.7 cm³/mol. The van der Waals surface area contributed by atoms with Crippen LogP contribution in [0.4, 0.5) is 5.69 Å². The predicted octanol–water partition coefficient (Wildman–Crippen LogP) is 1.78. The van der Waals surface area contributed by atoms with Crippen LogP contribution in [0.25, 0.3) is 0 Å². The Morgan fingerprint density at radius 2 is 2.23 bits per heavy atom. The van der Waals surface area contributed by atoms with Crippen molar-refractivity contribution in [3.63, 3.8) is 0 Å². The second-order valence-corrected chi connectivity index (χ2v) is 3.79. The first-order chi connectivity index (χ1) is 6.20. The van der Waals surface area contributed by atoms with E-state index in [1.807, 2.05) is 6.07 Å². The van der Waals surface area contributed by atoms with Gasteiger partial charge in [-0.3, -0.25) is 0 Å². The van der Waals surface area contributed by atoms with Gasteiger partial charge in [0.05, 0.1) is 0 Å². The summed E-state index contributed by atoms with van der Waals surface area (Å²) in [5.74, 6) is 0. The number of aryl methyl sites for hydroxylation is 1. The molecule has 0 aliphatic carbocycles. The second kappa shape index (κ2) is 3.04. The third-order valence-electron chi connectivity index (χ3n) is 2.88. The van der Waals surface area contributed by atoms with Crippen LogP contribution in [0.3, 0.4) is 0 Å². The molecule has 1 heterocycles. The highest BCUT2D eigenvalue weighted by Gasteiger charge is 2.19. The number of hydrogen-bond acceptors (Lipinski definition) is 2. The maximum Gasteiger partial charge on any atom is 0.0365 e. The van der Waals surface area contributed by atoms with E-state index < -0.39 is 0 Å². The van der Waals surface area contributed by atoms with E-state index in [1.165, 1.54) is 16.7 Å². The monoisotopic (exact) mass is 176 g/mol. The Kier molecular flexibility index (Phi) is 2.00. The van der Waals surface area contributed by atoms with Crippen molar-refractivity contribution in [2.45, 2.75) is 26.3 Å². The summed E-state index contributed by atoms with van der Waals surface area (Å²) in [6.45, 7) is 5.41. The van der Waals surface area contributed by atoms with Crippen LogP contribution in [-0.2, 0) is 6.42 Å². The Bertz CT molecular complexity index is 331. The van der Waals surface area contributed by atoms with E-state index in [2.05, 4.69) is 25.2 Å². The summed E-state index contributed by atoms with van der Waals surface area (Å²) in [4.78, 5) is 0. The molecule has 0 saturated heterocycles. The maximum atomic E-state index is 5.96. The van der Waals surface area contributed by atoms with Crippen molar-refractivity contribution in [3.8, 4) is 0 Å². The van der Waals surface area contributed by atoms with Crippen LogP contribution in [0.15, 0.2) is 12.1 Å². The summed E-state index contributed by atoms with van der Waals surface area (Å²) in [6, 6.07) is 4.54. The lowest BCUT2D eigenvalue weighted by Gasteiger charge is -2.26. The molecule has 1 atom stereocenters. The molecule has 2 nitrogen and oxygen atoms in total. The molecule has 0 radical (unpaired) electrons. The molecule has 1 aromatic carbocycles. The zero-order valence-corrected chi connectivity index (χ0v) is 8.22. The number of hydrogen-bond donors (Lipinski definition) is 2. The van der Waals surface area contributed by atoms with Gasteiger partial charge in [-0.05, 0) is 49.6 Å². The number of nitrogen functional groups attached to an aromatic ring is 1. The molecule has 0 amide bonds. The van der Waals surface area contributed by atoms with E-state index in [1.54, 1.807) is 0 Å². The van der Waals surface area contributed by atoms with Crippen molar-refractivity contribution in [3.05, 3.63) is 28.8 Å². The van der Waals surface area contributed by atoms with Crippen LogP contribution in [0.1, 0.15) is 29.7 Å². The molecule has 0 spiro atoms. The molecule has 2 heteroatoms. The molecular weight excluding hydrogens is 160 g/mol. The number of fused-ring (bicyclic) bond motifs is 1. The molecule has 1 unspecified atom stereocenters. The Hall–Kier alpha value is -1.02. The first-order valence-corrected chi connectivity index (χ1v) is 4.81. The van der Waals surface area contributed by atoms with Gasteiger partial charge in [0.1, 0.15) is 0 Å². The number of benzene rings is 1. The van der Waals surface area contributed by atoms with Crippen LogP contribution >= 0.6 is 0 Å². The first-order valence-electron chi connectivity index (χ1n) is 4.81. The van der Waals surface area contributed by atoms with Crippen molar-refractivity contribution in [1.29, 1.82) is 0 Å². The summed E-state index contributed by atoms with van der Waals surface area (Å²) >= 11 is 0. The number of rotatable bonds is 0. The molecule has 0 saturated carbocycles. The molecule has 1 aromatic rings. The summed E-state index contributed by atoms with van der Waals surface area (Å²) in [6.07, 6.45) is 1.11. The van der Waals surface area contributed by atoms with Gasteiger partial charge in [0.25, 0.3) is 0 Å². The van der Waals surface area contributed by atoms with Crippen LogP contribution in [-0.4, -0.2) is 6.54 Å². The van der Waals surface area contributed by atoms with E-state index >= 15 is 0 Å². The van der Waals surface area contributed by atoms with E-state index in [9.17, 15) is 0 Å². The molecular formula is C11H16N2. The van der Waals surface area contributed by atoms with Gasteiger partial charge in [-0.1, -0.05) is 6.07 Å². The van der Waals surface area contributed by atoms with E-state index in [0.29, 0.717) is 6.04 Å². The van der Waals surface area contributed by atoms with E-state index in [-0.39, 0.29) is 0 Å². The molecule has 70 valence electrons. The van der Waals surface area contributed by atoms with Gasteiger partial charge in [0, 0.05) is 11.7 Å². The third-order valence-corrected chi connectivity index (χ3v) is 2.88. The number of anilines is 1. The topological polar surface area (TPSA) is 38.0 Å². The minimum Gasteiger partial charge on any atom is -0.398 e. The van der Waals surface area contributed by atoms with Gasteiger partial charge in [-0.25, -0.2) is 0 Å². The minimum absolute atomic E-state index is 0.406. The second-order valence-electron chi connectivity index (χ2n) is 3.79. The first kappa shape index (κ1) is 8.57. The largest absolute Gasteiger partial charge is 0.398 e. The Morgan fingerprint density at radius 3 is 2.92 bits per heavy atom. The Morgan fingerprint density at radius 1 is 1.46 bits per heavy atom. The van der Waals surface area contributed by atoms with Crippen molar-refractivity contribution in [1.82, 2.24) is 5.32 Å². The average Bonchev–Trinajstić information content (AvgIpc) is 2.12. The SMILES string of the molecule is Cc1ccc(N)c2c1CCNC2C. The van der Waals surface area contributed by atoms with Crippen molar-refractivity contribution in [2.75, 3.05) is 12.3 Å². The normalized spacial score (nSPS) is 21.2. The fourth-order valence-corrected chi connectivity index (χ4v) is 2.15. The highest BCUT2D eigenvalue weighted by atomic mass is 14.9. The molecule has 0 aromatic heterocycles. The molecule has 1 aliphatic rings. The van der Waals surface area contributed by atoms with Crippen LogP contribution in [0.2, 0.25) is 0 Å². The van der Waals surface area contributed by atoms with Crippen molar-refractivity contribution >= 4 is 5.69 Å². The molecule has 0 fully saturated rings. The van der Waals surface area contributed by atoms with Crippen LogP contribution in [0.5, 0.6) is 0 Å². The summed E-state index contributed by atoms with van der Waals surface area (Å²) in [5.41, 5.74) is 11.0. The zero-order valence-electron chi connectivity index (χ0n) is 8.22. The highest BCUT2D eigenvalue weighted by Crippen LogP contribution is 2.30. The Balaban J connectivity index is 2.60. The van der Waals surface area contributed by atoms with Crippen molar-refractivity contribution in [2.24, 2.45) is 0 Å². The number of nitrogens with two attached hydrogens (primary N) is 1. The number of nitrogens with one attached hydrogen (secondary N) is 1. The maximum absolute atomic E-state index is 5.96. The smallest absolute Gasteiger partial charge is 0.0365 e.